The minimum Gasteiger partial charge on any atom is -0.508 e. The van der Waals surface area contributed by atoms with E-state index in [1.807, 2.05) is 26.0 Å². The Bertz CT molecular complexity index is 752. The number of nitrogens with zero attached hydrogens (tertiary/aromatic N) is 1. The van der Waals surface area contributed by atoms with Crippen molar-refractivity contribution in [2.45, 2.75) is 20.8 Å². The fraction of sp³-hybridized carbons (Fsp3) is 0.176. The van der Waals surface area contributed by atoms with Crippen molar-refractivity contribution >= 4 is 17.5 Å². The quantitative estimate of drug-likeness (QED) is 0.817. The van der Waals surface area contributed by atoms with E-state index in [0.29, 0.717) is 22.4 Å². The maximum Gasteiger partial charge on any atom is 0.266 e. The zero-order valence-electron chi connectivity index (χ0n) is 12.1. The molecule has 0 bridgehead atoms. The maximum absolute atomic E-state index is 12.6. The van der Waals surface area contributed by atoms with Crippen molar-refractivity contribution in [1.29, 1.82) is 0 Å². The summed E-state index contributed by atoms with van der Waals surface area (Å²) in [7, 11) is 0. The summed E-state index contributed by atoms with van der Waals surface area (Å²) in [6.45, 7) is 5.39. The standard InChI is InChI=1S/C17H15NO3/c1-9-4-5-10(2)15-14(9)16(20)18(17(15)21)12-6-7-13(19)11(3)8-12/h4-8,19H,1-3H3. The average Bonchev–Trinajstić information content (AvgIpc) is 2.70. The Hall–Kier alpha value is -2.62. The van der Waals surface area contributed by atoms with E-state index in [-0.39, 0.29) is 17.6 Å². The molecule has 2 aromatic rings. The van der Waals surface area contributed by atoms with E-state index < -0.39 is 0 Å². The molecular weight excluding hydrogens is 266 g/mol. The molecule has 1 aliphatic rings. The smallest absolute Gasteiger partial charge is 0.266 e. The highest BCUT2D eigenvalue weighted by Crippen LogP contribution is 2.33. The van der Waals surface area contributed by atoms with Gasteiger partial charge in [0, 0.05) is 0 Å². The minimum absolute atomic E-state index is 0.141. The van der Waals surface area contributed by atoms with Crippen LogP contribution < -0.4 is 4.90 Å². The third kappa shape index (κ3) is 1.83. The molecule has 21 heavy (non-hydrogen) atoms. The van der Waals surface area contributed by atoms with E-state index >= 15 is 0 Å². The molecule has 106 valence electrons. The minimum atomic E-state index is -0.304. The highest BCUT2D eigenvalue weighted by Gasteiger charge is 2.38. The second kappa shape index (κ2) is 4.45. The molecule has 4 nitrogen and oxygen atoms in total. The Morgan fingerprint density at radius 1 is 0.810 bits per heavy atom. The van der Waals surface area contributed by atoms with E-state index in [4.69, 9.17) is 0 Å². The van der Waals surface area contributed by atoms with Gasteiger partial charge in [0.25, 0.3) is 11.8 Å². The Morgan fingerprint density at radius 2 is 1.33 bits per heavy atom. The molecule has 0 aromatic heterocycles. The van der Waals surface area contributed by atoms with Crippen molar-refractivity contribution in [2.75, 3.05) is 4.90 Å². The van der Waals surface area contributed by atoms with Gasteiger partial charge in [-0.25, -0.2) is 4.90 Å². The molecule has 2 aromatic carbocycles. The lowest BCUT2D eigenvalue weighted by Gasteiger charge is -2.15. The molecule has 0 saturated heterocycles. The van der Waals surface area contributed by atoms with Crippen LogP contribution in [0, 0.1) is 20.8 Å². The number of hydrogen-bond donors (Lipinski definition) is 1. The van der Waals surface area contributed by atoms with Gasteiger partial charge >= 0.3 is 0 Å². The molecule has 0 unspecified atom stereocenters. The number of aromatic hydroxyl groups is 1. The van der Waals surface area contributed by atoms with Crippen LogP contribution in [0.5, 0.6) is 5.75 Å². The van der Waals surface area contributed by atoms with E-state index in [9.17, 15) is 14.7 Å². The van der Waals surface area contributed by atoms with Crippen LogP contribution in [-0.4, -0.2) is 16.9 Å². The number of phenols is 1. The predicted molar refractivity (Wildman–Crippen MR) is 79.9 cm³/mol. The first-order valence-electron chi connectivity index (χ1n) is 6.70. The van der Waals surface area contributed by atoms with Crippen LogP contribution in [0.15, 0.2) is 30.3 Å². The van der Waals surface area contributed by atoms with Crippen LogP contribution in [0.25, 0.3) is 0 Å². The van der Waals surface area contributed by atoms with Crippen LogP contribution in [0.1, 0.15) is 37.4 Å². The zero-order chi connectivity index (χ0) is 15.3. The lowest BCUT2D eigenvalue weighted by molar-refractivity contribution is 0.0926. The van der Waals surface area contributed by atoms with Gasteiger partial charge in [-0.15, -0.1) is 0 Å². The topological polar surface area (TPSA) is 57.6 Å². The lowest BCUT2D eigenvalue weighted by atomic mass is 9.99. The second-order valence-corrected chi connectivity index (χ2v) is 5.37. The Balaban J connectivity index is 2.18. The number of phenolic OH excluding ortho intramolecular Hbond substituents is 1. The van der Waals surface area contributed by atoms with Gasteiger partial charge in [-0.3, -0.25) is 9.59 Å². The molecule has 1 heterocycles. The Labute approximate surface area is 122 Å². The van der Waals surface area contributed by atoms with Gasteiger partial charge < -0.3 is 5.11 Å². The van der Waals surface area contributed by atoms with Crippen LogP contribution in [0.2, 0.25) is 0 Å². The fourth-order valence-electron chi connectivity index (χ4n) is 2.69. The van der Waals surface area contributed by atoms with E-state index in [1.165, 1.54) is 11.0 Å². The largest absolute Gasteiger partial charge is 0.508 e. The van der Waals surface area contributed by atoms with Gasteiger partial charge in [0.05, 0.1) is 16.8 Å². The maximum atomic E-state index is 12.6. The van der Waals surface area contributed by atoms with E-state index in [2.05, 4.69) is 0 Å². The third-order valence-corrected chi connectivity index (χ3v) is 3.89. The number of fused-ring (bicyclic) bond motifs is 1. The van der Waals surface area contributed by atoms with Crippen LogP contribution in [-0.2, 0) is 0 Å². The van der Waals surface area contributed by atoms with Crippen molar-refractivity contribution in [3.05, 3.63) is 58.1 Å². The van der Waals surface area contributed by atoms with Gasteiger partial charge in [-0.1, -0.05) is 12.1 Å². The average molecular weight is 281 g/mol. The molecule has 0 aliphatic carbocycles. The highest BCUT2D eigenvalue weighted by molar-refractivity contribution is 6.35. The lowest BCUT2D eigenvalue weighted by Crippen LogP contribution is -2.29. The first-order chi connectivity index (χ1) is 9.91. The number of carbonyl (C=O) groups is 2. The number of aryl methyl sites for hydroxylation is 3. The fourth-order valence-corrected chi connectivity index (χ4v) is 2.69. The van der Waals surface area contributed by atoms with Crippen molar-refractivity contribution in [3.63, 3.8) is 0 Å². The monoisotopic (exact) mass is 281 g/mol. The van der Waals surface area contributed by atoms with Gasteiger partial charge in [-0.05, 0) is 55.7 Å². The number of amides is 2. The zero-order valence-corrected chi connectivity index (χ0v) is 12.1. The number of rotatable bonds is 1. The summed E-state index contributed by atoms with van der Waals surface area (Å²) in [4.78, 5) is 26.4. The van der Waals surface area contributed by atoms with Gasteiger partial charge in [-0.2, -0.15) is 0 Å². The summed E-state index contributed by atoms with van der Waals surface area (Å²) in [6.07, 6.45) is 0. The molecule has 0 saturated carbocycles. The molecule has 0 radical (unpaired) electrons. The Kier molecular flexibility index (Phi) is 2.83. The summed E-state index contributed by atoms with van der Waals surface area (Å²) in [6, 6.07) is 8.42. The number of imide groups is 1. The number of hydrogen-bond acceptors (Lipinski definition) is 3. The molecule has 1 aliphatic heterocycles. The number of carbonyl (C=O) groups excluding carboxylic acids is 2. The SMILES string of the molecule is Cc1cc(N2C(=O)c3c(C)ccc(C)c3C2=O)ccc1O. The predicted octanol–water partition coefficient (Wildman–Crippen LogP) is 3.12. The molecule has 4 heteroatoms. The molecule has 3 rings (SSSR count). The van der Waals surface area contributed by atoms with Crippen molar-refractivity contribution in [2.24, 2.45) is 0 Å². The van der Waals surface area contributed by atoms with Gasteiger partial charge in [0.2, 0.25) is 0 Å². The van der Waals surface area contributed by atoms with Gasteiger partial charge in [0.15, 0.2) is 0 Å². The summed E-state index contributed by atoms with van der Waals surface area (Å²) in [5.74, 6) is -0.467. The first kappa shape index (κ1) is 13.4. The van der Waals surface area contributed by atoms with Crippen LogP contribution >= 0.6 is 0 Å². The van der Waals surface area contributed by atoms with E-state index in [1.54, 1.807) is 19.1 Å². The summed E-state index contributed by atoms with van der Waals surface area (Å²) < 4.78 is 0. The molecule has 0 fully saturated rings. The van der Waals surface area contributed by atoms with Crippen molar-refractivity contribution < 1.29 is 14.7 Å². The second-order valence-electron chi connectivity index (χ2n) is 5.37. The molecule has 0 spiro atoms. The van der Waals surface area contributed by atoms with Crippen LogP contribution in [0.3, 0.4) is 0 Å². The molecule has 1 N–H and O–H groups in total. The van der Waals surface area contributed by atoms with Gasteiger partial charge in [0.1, 0.15) is 5.75 Å². The first-order valence-corrected chi connectivity index (χ1v) is 6.70. The van der Waals surface area contributed by atoms with E-state index in [0.717, 1.165) is 11.1 Å². The molecule has 0 atom stereocenters. The summed E-state index contributed by atoms with van der Waals surface area (Å²) in [5.41, 5.74) is 3.66. The molecule has 2 amide bonds. The van der Waals surface area contributed by atoms with Crippen molar-refractivity contribution in [3.8, 4) is 5.75 Å². The molecular formula is C17H15NO3. The van der Waals surface area contributed by atoms with Crippen LogP contribution in [0.4, 0.5) is 5.69 Å². The number of benzene rings is 2. The summed E-state index contributed by atoms with van der Waals surface area (Å²) >= 11 is 0. The number of anilines is 1. The Morgan fingerprint density at radius 3 is 1.81 bits per heavy atom. The highest BCUT2D eigenvalue weighted by atomic mass is 16.3. The van der Waals surface area contributed by atoms with Crippen molar-refractivity contribution in [1.82, 2.24) is 0 Å². The summed E-state index contributed by atoms with van der Waals surface area (Å²) in [5, 5.41) is 9.59. The normalized spacial score (nSPS) is 13.8. The third-order valence-electron chi connectivity index (χ3n) is 3.89.